The highest BCUT2D eigenvalue weighted by Crippen LogP contribution is 2.24. The third-order valence-corrected chi connectivity index (χ3v) is 7.18. The van der Waals surface area contributed by atoms with Crippen molar-refractivity contribution in [2.75, 3.05) is 36.4 Å². The van der Waals surface area contributed by atoms with E-state index in [2.05, 4.69) is 10.2 Å². The second-order valence-electron chi connectivity index (χ2n) is 8.89. The molecular weight excluding hydrogens is 517 g/mol. The van der Waals surface area contributed by atoms with E-state index in [0.717, 1.165) is 10.1 Å². The van der Waals surface area contributed by atoms with Gasteiger partial charge in [0, 0.05) is 46.0 Å². The lowest BCUT2D eigenvalue weighted by Crippen LogP contribution is -2.50. The van der Waals surface area contributed by atoms with Gasteiger partial charge in [-0.3, -0.25) is 18.5 Å². The molecule has 0 aliphatic carbocycles. The van der Waals surface area contributed by atoms with Crippen LogP contribution in [0.15, 0.2) is 58.1 Å². The molecule has 0 radical (unpaired) electrons. The van der Waals surface area contributed by atoms with Crippen molar-refractivity contribution in [3.63, 3.8) is 0 Å². The number of thiocarbonyl (C=S) groups is 1. The molecule has 37 heavy (non-hydrogen) atoms. The minimum absolute atomic E-state index is 0.0236. The molecule has 1 fully saturated rings. The van der Waals surface area contributed by atoms with Crippen LogP contribution in [0.2, 0.25) is 5.02 Å². The first-order chi connectivity index (χ1) is 17.7. The first kappa shape index (κ1) is 25.0. The van der Waals surface area contributed by atoms with Crippen molar-refractivity contribution in [3.8, 4) is 0 Å². The lowest BCUT2D eigenvalue weighted by atomic mass is 10.2. The van der Waals surface area contributed by atoms with Crippen LogP contribution in [-0.4, -0.2) is 54.9 Å². The average Bonchev–Trinajstić information content (AvgIpc) is 3.28. The van der Waals surface area contributed by atoms with Crippen LogP contribution >= 0.6 is 23.8 Å². The average molecular weight is 542 g/mol. The number of hydrogen-bond donors (Lipinski definition) is 1. The summed E-state index contributed by atoms with van der Waals surface area (Å²) < 4.78 is 17.9. The second kappa shape index (κ2) is 9.98. The summed E-state index contributed by atoms with van der Waals surface area (Å²) in [5.41, 5.74) is 1.56. The molecule has 192 valence electrons. The Morgan fingerprint density at radius 3 is 2.43 bits per heavy atom. The molecule has 12 heteroatoms. The zero-order chi connectivity index (χ0) is 26.3. The van der Waals surface area contributed by atoms with Crippen molar-refractivity contribution in [3.05, 3.63) is 85.8 Å². The third-order valence-electron chi connectivity index (χ3n) is 6.53. The minimum Gasteiger partial charge on any atom is -0.345 e. The Bertz CT molecular complexity index is 1610. The molecule has 0 spiro atoms. The number of nitrogens with zero attached hydrogens (tertiary/aromatic N) is 6. The number of anilines is 2. The Kier molecular flexibility index (Phi) is 6.74. The number of nitrogens with one attached hydrogen (secondary N) is 1. The molecule has 4 aromatic rings. The maximum Gasteiger partial charge on any atom is 0.332 e. The van der Waals surface area contributed by atoms with Gasteiger partial charge < -0.3 is 15.1 Å². The van der Waals surface area contributed by atoms with Crippen LogP contribution < -0.4 is 21.5 Å². The van der Waals surface area contributed by atoms with Crippen molar-refractivity contribution in [1.82, 2.24) is 23.6 Å². The fourth-order valence-electron chi connectivity index (χ4n) is 4.48. The maximum absolute atomic E-state index is 13.5. The van der Waals surface area contributed by atoms with Gasteiger partial charge in [0.2, 0.25) is 5.95 Å². The molecule has 2 aromatic heterocycles. The van der Waals surface area contributed by atoms with Gasteiger partial charge in [0.15, 0.2) is 16.3 Å². The Morgan fingerprint density at radius 1 is 1.05 bits per heavy atom. The van der Waals surface area contributed by atoms with Gasteiger partial charge in [0.1, 0.15) is 5.82 Å². The lowest BCUT2D eigenvalue weighted by molar-refractivity contribution is 0.386. The van der Waals surface area contributed by atoms with Gasteiger partial charge in [0.05, 0.1) is 11.6 Å². The summed E-state index contributed by atoms with van der Waals surface area (Å²) in [6.07, 6.45) is 0. The highest BCUT2D eigenvalue weighted by molar-refractivity contribution is 7.80. The van der Waals surface area contributed by atoms with Crippen molar-refractivity contribution in [2.24, 2.45) is 14.1 Å². The molecule has 0 saturated carbocycles. The molecule has 1 aliphatic rings. The Labute approximate surface area is 222 Å². The van der Waals surface area contributed by atoms with E-state index in [1.54, 1.807) is 13.1 Å². The third kappa shape index (κ3) is 4.72. The van der Waals surface area contributed by atoms with Gasteiger partial charge in [0.25, 0.3) is 5.56 Å². The normalized spacial score (nSPS) is 13.8. The Balaban J connectivity index is 1.43. The van der Waals surface area contributed by atoms with Crippen LogP contribution in [-0.2, 0) is 20.6 Å². The first-order valence-electron chi connectivity index (χ1n) is 11.7. The van der Waals surface area contributed by atoms with Crippen molar-refractivity contribution >= 4 is 51.7 Å². The van der Waals surface area contributed by atoms with Crippen molar-refractivity contribution in [2.45, 2.75) is 6.54 Å². The number of aryl methyl sites for hydroxylation is 1. The molecule has 0 bridgehead atoms. The molecule has 0 unspecified atom stereocenters. The smallest absolute Gasteiger partial charge is 0.332 e. The lowest BCUT2D eigenvalue weighted by Gasteiger charge is -2.36. The molecule has 1 saturated heterocycles. The SMILES string of the molecule is Cn1c(=O)c2c(nc(N3CCN(C(=S)Nc4ccc(F)c(Cl)c4)CC3)n2Cc2ccccc2)n(C)c1=O. The van der Waals surface area contributed by atoms with E-state index >= 15 is 0 Å². The number of hydrogen-bond acceptors (Lipinski definition) is 5. The maximum atomic E-state index is 13.5. The van der Waals surface area contributed by atoms with E-state index in [1.807, 2.05) is 39.8 Å². The van der Waals surface area contributed by atoms with Crippen LogP contribution in [0.4, 0.5) is 16.0 Å². The zero-order valence-corrected chi connectivity index (χ0v) is 21.9. The van der Waals surface area contributed by atoms with Gasteiger partial charge in [-0.15, -0.1) is 0 Å². The van der Waals surface area contributed by atoms with Crippen molar-refractivity contribution in [1.29, 1.82) is 0 Å². The number of piperazine rings is 1. The van der Waals surface area contributed by atoms with Crippen LogP contribution in [0.5, 0.6) is 0 Å². The predicted octanol–water partition coefficient (Wildman–Crippen LogP) is 2.79. The molecule has 9 nitrogen and oxygen atoms in total. The van der Waals surface area contributed by atoms with E-state index < -0.39 is 11.5 Å². The van der Waals surface area contributed by atoms with Gasteiger partial charge in [-0.1, -0.05) is 41.9 Å². The summed E-state index contributed by atoms with van der Waals surface area (Å²) >= 11 is 11.5. The summed E-state index contributed by atoms with van der Waals surface area (Å²) in [6, 6.07) is 14.2. The zero-order valence-electron chi connectivity index (χ0n) is 20.3. The van der Waals surface area contributed by atoms with Gasteiger partial charge in [-0.05, 0) is 36.0 Å². The highest BCUT2D eigenvalue weighted by Gasteiger charge is 2.26. The second-order valence-corrected chi connectivity index (χ2v) is 9.69. The van der Waals surface area contributed by atoms with Gasteiger partial charge >= 0.3 is 5.69 Å². The van der Waals surface area contributed by atoms with E-state index in [9.17, 15) is 14.0 Å². The quantitative estimate of drug-likeness (QED) is 0.398. The minimum atomic E-state index is -0.488. The summed E-state index contributed by atoms with van der Waals surface area (Å²) in [6.45, 7) is 2.83. The number of benzene rings is 2. The highest BCUT2D eigenvalue weighted by atomic mass is 35.5. The van der Waals surface area contributed by atoms with E-state index in [0.29, 0.717) is 60.6 Å². The van der Waals surface area contributed by atoms with Crippen LogP contribution in [0.3, 0.4) is 0 Å². The number of aromatic nitrogens is 4. The largest absolute Gasteiger partial charge is 0.345 e. The van der Waals surface area contributed by atoms with Gasteiger partial charge in [-0.2, -0.15) is 4.98 Å². The summed E-state index contributed by atoms with van der Waals surface area (Å²) in [5.74, 6) is 0.137. The number of rotatable bonds is 4. The van der Waals surface area contributed by atoms with E-state index in [1.165, 1.54) is 23.7 Å². The monoisotopic (exact) mass is 541 g/mol. The van der Waals surface area contributed by atoms with Crippen molar-refractivity contribution < 1.29 is 4.39 Å². The molecule has 1 aliphatic heterocycles. The van der Waals surface area contributed by atoms with Crippen LogP contribution in [0.1, 0.15) is 5.56 Å². The van der Waals surface area contributed by atoms with E-state index in [4.69, 9.17) is 28.8 Å². The molecule has 0 amide bonds. The molecular formula is C25H25ClFN7O2S. The fraction of sp³-hybridized carbons (Fsp3) is 0.280. The number of halogens is 2. The Morgan fingerprint density at radius 2 is 1.76 bits per heavy atom. The first-order valence-corrected chi connectivity index (χ1v) is 12.5. The van der Waals surface area contributed by atoms with Gasteiger partial charge in [-0.25, -0.2) is 9.18 Å². The topological polar surface area (TPSA) is 80.3 Å². The molecule has 0 atom stereocenters. The molecule has 2 aromatic carbocycles. The standard InChI is InChI=1S/C25H25ClFN7O2S/c1-30-21-20(22(35)31(2)25(30)36)34(15-16-6-4-3-5-7-16)23(29-21)32-10-12-33(13-11-32)24(37)28-17-8-9-19(27)18(26)14-17/h3-9,14H,10-13,15H2,1-2H3,(H,28,37). The molecule has 5 rings (SSSR count). The Hall–Kier alpha value is -3.70. The summed E-state index contributed by atoms with van der Waals surface area (Å²) in [4.78, 5) is 34.6. The summed E-state index contributed by atoms with van der Waals surface area (Å²) in [7, 11) is 3.10. The number of imidazole rings is 1. The molecule has 1 N–H and O–H groups in total. The number of fused-ring (bicyclic) bond motifs is 1. The van der Waals surface area contributed by atoms with Crippen LogP contribution in [0.25, 0.3) is 11.2 Å². The summed E-state index contributed by atoms with van der Waals surface area (Å²) in [5, 5.41) is 3.65. The molecule has 3 heterocycles. The fourth-order valence-corrected chi connectivity index (χ4v) is 4.96. The van der Waals surface area contributed by atoms with E-state index in [-0.39, 0.29) is 10.6 Å². The predicted molar refractivity (Wildman–Crippen MR) is 147 cm³/mol. The van der Waals surface area contributed by atoms with Crippen LogP contribution in [0, 0.1) is 5.82 Å².